The van der Waals surface area contributed by atoms with Gasteiger partial charge in [-0.2, -0.15) is 0 Å². The van der Waals surface area contributed by atoms with Gasteiger partial charge in [0.25, 0.3) is 5.56 Å². The summed E-state index contributed by atoms with van der Waals surface area (Å²) < 4.78 is 1.91. The van der Waals surface area contributed by atoms with Crippen molar-refractivity contribution in [2.75, 3.05) is 11.1 Å². The van der Waals surface area contributed by atoms with Gasteiger partial charge in [-0.1, -0.05) is 43.2 Å². The van der Waals surface area contributed by atoms with E-state index in [0.29, 0.717) is 17.1 Å². The summed E-state index contributed by atoms with van der Waals surface area (Å²) in [5, 5.41) is 5.82. The number of carbonyl (C=O) groups is 1. The topological polar surface area (TPSA) is 66.9 Å². The molecule has 2 heterocycles. The van der Waals surface area contributed by atoms with E-state index in [1.165, 1.54) is 24.6 Å². The Kier molecular flexibility index (Phi) is 3.77. The number of hydrogen-bond donors (Lipinski definition) is 2. The van der Waals surface area contributed by atoms with E-state index in [1.54, 1.807) is 0 Å². The van der Waals surface area contributed by atoms with Crippen LogP contribution in [0, 0.1) is 0 Å². The molecule has 0 bridgehead atoms. The number of H-pyrrole nitrogens is 1. The molecule has 23 heavy (non-hydrogen) atoms. The van der Waals surface area contributed by atoms with Gasteiger partial charge in [-0.15, -0.1) is 11.8 Å². The lowest BCUT2D eigenvalue weighted by atomic mass is 10.1. The molecule has 1 amide bonds. The van der Waals surface area contributed by atoms with E-state index in [9.17, 15) is 9.59 Å². The first-order chi connectivity index (χ1) is 11.2. The third-order valence-electron chi connectivity index (χ3n) is 4.66. The van der Waals surface area contributed by atoms with E-state index in [1.807, 2.05) is 35.0 Å². The molecule has 1 aromatic carbocycles. The zero-order valence-corrected chi connectivity index (χ0v) is 13.6. The van der Waals surface area contributed by atoms with E-state index in [-0.39, 0.29) is 22.8 Å². The first kappa shape index (κ1) is 14.6. The highest BCUT2D eigenvalue weighted by Gasteiger charge is 2.32. The third kappa shape index (κ3) is 2.61. The normalized spacial score (nSPS) is 21.7. The maximum Gasteiger partial charge on any atom is 0.270 e. The standard InChI is InChI=1S/C17H19N3O2S/c21-13-10-23-15(11-6-2-1-3-7-11)14-16(18-13)20(19-17(14)22)12-8-4-5-9-12/h1-3,6-7,12,15H,4-5,8-10H2,(H,18,21)(H,19,22)/t15-/m1/s1. The average molecular weight is 329 g/mol. The second-order valence-electron chi connectivity index (χ2n) is 6.16. The molecule has 1 aliphatic heterocycles. The summed E-state index contributed by atoms with van der Waals surface area (Å²) in [6.07, 6.45) is 4.45. The van der Waals surface area contributed by atoms with Crippen molar-refractivity contribution in [3.63, 3.8) is 0 Å². The lowest BCUT2D eigenvalue weighted by molar-refractivity contribution is -0.113. The van der Waals surface area contributed by atoms with Crippen LogP contribution in [0.4, 0.5) is 5.82 Å². The maximum atomic E-state index is 12.6. The fourth-order valence-corrected chi connectivity index (χ4v) is 4.70. The number of carbonyl (C=O) groups excluding carboxylic acids is 1. The van der Waals surface area contributed by atoms with E-state index in [4.69, 9.17) is 0 Å². The predicted molar refractivity (Wildman–Crippen MR) is 91.9 cm³/mol. The quantitative estimate of drug-likeness (QED) is 0.890. The zero-order valence-electron chi connectivity index (χ0n) is 12.7. The number of benzene rings is 1. The number of thioether (sulfide) groups is 1. The number of aromatic nitrogens is 2. The van der Waals surface area contributed by atoms with Gasteiger partial charge >= 0.3 is 0 Å². The minimum absolute atomic E-state index is 0.0413. The molecule has 1 saturated carbocycles. The number of amides is 1. The fraction of sp³-hybridized carbons (Fsp3) is 0.412. The molecule has 1 aliphatic carbocycles. The molecule has 1 atom stereocenters. The minimum Gasteiger partial charge on any atom is -0.310 e. The smallest absolute Gasteiger partial charge is 0.270 e. The molecule has 2 aliphatic rings. The number of hydrogen-bond acceptors (Lipinski definition) is 3. The van der Waals surface area contributed by atoms with Crippen molar-refractivity contribution >= 4 is 23.5 Å². The monoisotopic (exact) mass is 329 g/mol. The SMILES string of the molecule is O=C1CS[C@H](c2ccccc2)c2c(n(C3CCCC3)[nH]c2=O)N1. The third-order valence-corrected chi connectivity index (χ3v) is 5.93. The molecule has 0 spiro atoms. The van der Waals surface area contributed by atoms with Crippen molar-refractivity contribution in [3.05, 3.63) is 51.8 Å². The Labute approximate surface area is 138 Å². The summed E-state index contributed by atoms with van der Waals surface area (Å²) in [5.41, 5.74) is 1.65. The Bertz CT molecular complexity index is 775. The molecule has 0 unspecified atom stereocenters. The van der Waals surface area contributed by atoms with Crippen LogP contribution in [0.5, 0.6) is 0 Å². The van der Waals surface area contributed by atoms with Gasteiger partial charge in [0.1, 0.15) is 5.82 Å². The van der Waals surface area contributed by atoms with Crippen LogP contribution in [0.15, 0.2) is 35.1 Å². The van der Waals surface area contributed by atoms with Gasteiger partial charge in [-0.3, -0.25) is 19.4 Å². The van der Waals surface area contributed by atoms with Crippen molar-refractivity contribution in [2.45, 2.75) is 37.0 Å². The highest BCUT2D eigenvalue weighted by Crippen LogP contribution is 2.41. The van der Waals surface area contributed by atoms with Gasteiger partial charge in [0, 0.05) is 0 Å². The van der Waals surface area contributed by atoms with Crippen molar-refractivity contribution in [1.29, 1.82) is 0 Å². The van der Waals surface area contributed by atoms with Gasteiger partial charge in [0.15, 0.2) is 0 Å². The lowest BCUT2D eigenvalue weighted by Gasteiger charge is -2.16. The van der Waals surface area contributed by atoms with Crippen molar-refractivity contribution < 1.29 is 4.79 Å². The summed E-state index contributed by atoms with van der Waals surface area (Å²) >= 11 is 1.51. The van der Waals surface area contributed by atoms with Crippen LogP contribution in [0.25, 0.3) is 0 Å². The van der Waals surface area contributed by atoms with E-state index < -0.39 is 0 Å². The summed E-state index contributed by atoms with van der Waals surface area (Å²) in [4.78, 5) is 24.8. The zero-order chi connectivity index (χ0) is 15.8. The number of nitrogens with one attached hydrogen (secondary N) is 2. The van der Waals surface area contributed by atoms with Crippen LogP contribution in [0.1, 0.15) is 48.1 Å². The predicted octanol–water partition coefficient (Wildman–Crippen LogP) is 3.07. The van der Waals surface area contributed by atoms with E-state index in [0.717, 1.165) is 18.4 Å². The number of anilines is 1. The first-order valence-electron chi connectivity index (χ1n) is 8.05. The van der Waals surface area contributed by atoms with Gasteiger partial charge < -0.3 is 5.32 Å². The second-order valence-corrected chi connectivity index (χ2v) is 7.25. The summed E-state index contributed by atoms with van der Waals surface area (Å²) in [7, 11) is 0. The number of fused-ring (bicyclic) bond motifs is 1. The fourth-order valence-electron chi connectivity index (χ4n) is 3.57. The van der Waals surface area contributed by atoms with Gasteiger partial charge in [0.05, 0.1) is 22.6 Å². The van der Waals surface area contributed by atoms with Crippen LogP contribution in [0.2, 0.25) is 0 Å². The van der Waals surface area contributed by atoms with Crippen molar-refractivity contribution in [1.82, 2.24) is 9.78 Å². The van der Waals surface area contributed by atoms with Crippen LogP contribution < -0.4 is 10.9 Å². The summed E-state index contributed by atoms with van der Waals surface area (Å²) in [6.45, 7) is 0. The van der Waals surface area contributed by atoms with E-state index in [2.05, 4.69) is 10.4 Å². The summed E-state index contributed by atoms with van der Waals surface area (Å²) in [5.74, 6) is 0.990. The molecule has 2 N–H and O–H groups in total. The molecular weight excluding hydrogens is 310 g/mol. The first-order valence-corrected chi connectivity index (χ1v) is 9.09. The molecule has 1 fully saturated rings. The molecule has 1 aromatic heterocycles. The molecule has 5 nitrogen and oxygen atoms in total. The van der Waals surface area contributed by atoms with Gasteiger partial charge in [-0.25, -0.2) is 0 Å². The molecule has 0 radical (unpaired) electrons. The largest absolute Gasteiger partial charge is 0.310 e. The Morgan fingerprint density at radius 1 is 1.09 bits per heavy atom. The molecule has 6 heteroatoms. The minimum atomic E-state index is -0.114. The Balaban J connectivity index is 1.85. The molecule has 0 saturated heterocycles. The lowest BCUT2D eigenvalue weighted by Crippen LogP contribution is -2.18. The highest BCUT2D eigenvalue weighted by molar-refractivity contribution is 8.00. The van der Waals surface area contributed by atoms with Crippen LogP contribution in [-0.2, 0) is 4.79 Å². The van der Waals surface area contributed by atoms with Crippen LogP contribution in [-0.4, -0.2) is 21.4 Å². The summed E-state index contributed by atoms with van der Waals surface area (Å²) in [6, 6.07) is 10.2. The Morgan fingerprint density at radius 3 is 2.57 bits per heavy atom. The molecule has 4 rings (SSSR count). The molecular formula is C17H19N3O2S. The number of nitrogens with zero attached hydrogens (tertiary/aromatic N) is 1. The average Bonchev–Trinajstić information content (AvgIpc) is 3.14. The highest BCUT2D eigenvalue weighted by atomic mass is 32.2. The van der Waals surface area contributed by atoms with Crippen molar-refractivity contribution in [3.8, 4) is 0 Å². The second kappa shape index (κ2) is 5.92. The Morgan fingerprint density at radius 2 is 1.83 bits per heavy atom. The molecule has 2 aromatic rings. The molecule has 120 valence electrons. The number of aromatic amines is 1. The maximum absolute atomic E-state index is 12.6. The number of rotatable bonds is 2. The van der Waals surface area contributed by atoms with Crippen LogP contribution >= 0.6 is 11.8 Å². The van der Waals surface area contributed by atoms with Crippen molar-refractivity contribution in [2.24, 2.45) is 0 Å². The van der Waals surface area contributed by atoms with Gasteiger partial charge in [0.2, 0.25) is 5.91 Å². The van der Waals surface area contributed by atoms with Gasteiger partial charge in [-0.05, 0) is 18.4 Å². The van der Waals surface area contributed by atoms with Crippen LogP contribution in [0.3, 0.4) is 0 Å². The van der Waals surface area contributed by atoms with E-state index >= 15 is 0 Å². The Hall–Kier alpha value is -1.95.